The van der Waals surface area contributed by atoms with E-state index in [9.17, 15) is 0 Å². The summed E-state index contributed by atoms with van der Waals surface area (Å²) in [5.74, 6) is 0.743. The predicted octanol–water partition coefficient (Wildman–Crippen LogP) is 5.39. The lowest BCUT2D eigenvalue weighted by Gasteiger charge is -2.03. The SMILES string of the molecule is CCCCCCCc1cnc(-c2ccc(N=C=S)cc2)nc1. The highest BCUT2D eigenvalue weighted by Crippen LogP contribution is 2.19. The maximum Gasteiger partial charge on any atom is 0.159 e. The summed E-state index contributed by atoms with van der Waals surface area (Å²) < 4.78 is 0. The van der Waals surface area contributed by atoms with Crippen molar-refractivity contribution in [2.75, 3.05) is 0 Å². The molecule has 1 aromatic carbocycles. The number of benzene rings is 1. The van der Waals surface area contributed by atoms with E-state index >= 15 is 0 Å². The van der Waals surface area contributed by atoms with Crippen LogP contribution in [-0.2, 0) is 6.42 Å². The standard InChI is InChI=1S/C18H21N3S/c1-2-3-4-5-6-7-15-12-19-18(20-13-15)16-8-10-17(11-9-16)21-14-22/h8-13H,2-7H2,1H3. The molecule has 0 aliphatic rings. The second-order valence-corrected chi connectivity index (χ2v) is 5.51. The molecule has 0 amide bonds. The largest absolute Gasteiger partial charge is 0.236 e. The molecule has 0 N–H and O–H groups in total. The van der Waals surface area contributed by atoms with Crippen LogP contribution in [0.5, 0.6) is 0 Å². The first-order valence-corrected chi connectivity index (χ1v) is 8.23. The van der Waals surface area contributed by atoms with Gasteiger partial charge in [0.25, 0.3) is 0 Å². The average Bonchev–Trinajstić information content (AvgIpc) is 2.56. The molecule has 1 heterocycles. The fourth-order valence-electron chi connectivity index (χ4n) is 2.30. The van der Waals surface area contributed by atoms with Gasteiger partial charge in [0.05, 0.1) is 10.8 Å². The van der Waals surface area contributed by atoms with E-state index in [4.69, 9.17) is 0 Å². The van der Waals surface area contributed by atoms with E-state index in [2.05, 4.69) is 39.3 Å². The van der Waals surface area contributed by atoms with E-state index in [1.54, 1.807) is 0 Å². The van der Waals surface area contributed by atoms with E-state index < -0.39 is 0 Å². The summed E-state index contributed by atoms with van der Waals surface area (Å²) >= 11 is 4.59. The summed E-state index contributed by atoms with van der Waals surface area (Å²) in [7, 11) is 0. The number of thiocarbonyl (C=S) groups is 1. The molecular formula is C18H21N3S. The first kappa shape index (κ1) is 16.5. The monoisotopic (exact) mass is 311 g/mol. The number of aromatic nitrogens is 2. The zero-order valence-corrected chi connectivity index (χ0v) is 13.8. The van der Waals surface area contributed by atoms with E-state index in [1.807, 2.05) is 36.7 Å². The zero-order valence-electron chi connectivity index (χ0n) is 13.0. The molecule has 0 spiro atoms. The Bertz CT molecular complexity index is 614. The third-order valence-corrected chi connectivity index (χ3v) is 3.67. The van der Waals surface area contributed by atoms with Gasteiger partial charge in [-0.1, -0.05) is 32.6 Å². The van der Waals surface area contributed by atoms with Gasteiger partial charge < -0.3 is 0 Å². The molecule has 2 aromatic rings. The normalized spacial score (nSPS) is 10.2. The Labute approximate surface area is 137 Å². The molecule has 0 saturated carbocycles. The molecule has 0 aliphatic carbocycles. The van der Waals surface area contributed by atoms with Gasteiger partial charge in [-0.25, -0.2) is 9.97 Å². The van der Waals surface area contributed by atoms with Gasteiger partial charge >= 0.3 is 0 Å². The van der Waals surface area contributed by atoms with Gasteiger partial charge in [0.15, 0.2) is 5.82 Å². The van der Waals surface area contributed by atoms with E-state index in [0.29, 0.717) is 0 Å². The van der Waals surface area contributed by atoms with Gasteiger partial charge in [-0.05, 0) is 54.9 Å². The summed E-state index contributed by atoms with van der Waals surface area (Å²) in [4.78, 5) is 12.9. The second kappa shape index (κ2) is 9.19. The predicted molar refractivity (Wildman–Crippen MR) is 94.6 cm³/mol. The van der Waals surface area contributed by atoms with Gasteiger partial charge in [-0.2, -0.15) is 4.99 Å². The minimum Gasteiger partial charge on any atom is -0.236 e. The second-order valence-electron chi connectivity index (χ2n) is 5.33. The smallest absolute Gasteiger partial charge is 0.159 e. The molecule has 0 aliphatic heterocycles. The van der Waals surface area contributed by atoms with Gasteiger partial charge in [0.1, 0.15) is 0 Å². The maximum atomic E-state index is 4.59. The minimum atomic E-state index is 0.743. The molecule has 22 heavy (non-hydrogen) atoms. The fraction of sp³-hybridized carbons (Fsp3) is 0.389. The van der Waals surface area contributed by atoms with Crippen LogP contribution in [0.4, 0.5) is 5.69 Å². The average molecular weight is 311 g/mol. The van der Waals surface area contributed by atoms with Crippen molar-refractivity contribution in [2.24, 2.45) is 4.99 Å². The van der Waals surface area contributed by atoms with Gasteiger partial charge in [-0.15, -0.1) is 0 Å². The third-order valence-electron chi connectivity index (χ3n) is 3.57. The van der Waals surface area contributed by atoms with Crippen molar-refractivity contribution in [2.45, 2.75) is 45.4 Å². The molecular weight excluding hydrogens is 290 g/mol. The van der Waals surface area contributed by atoms with Crippen LogP contribution in [0.1, 0.15) is 44.6 Å². The first-order valence-electron chi connectivity index (χ1n) is 7.82. The summed E-state index contributed by atoms with van der Waals surface area (Å²) in [5.41, 5.74) is 2.99. The first-order chi connectivity index (χ1) is 10.8. The Kier molecular flexibility index (Phi) is 6.88. The molecule has 1 aromatic heterocycles. The quantitative estimate of drug-likeness (QED) is 0.372. The van der Waals surface area contributed by atoms with E-state index in [-0.39, 0.29) is 0 Å². The Balaban J connectivity index is 1.92. The molecule has 0 atom stereocenters. The minimum absolute atomic E-state index is 0.743. The van der Waals surface area contributed by atoms with Crippen LogP contribution >= 0.6 is 12.2 Å². The highest BCUT2D eigenvalue weighted by Gasteiger charge is 2.02. The van der Waals surface area contributed by atoms with Crippen LogP contribution in [0, 0.1) is 0 Å². The highest BCUT2D eigenvalue weighted by atomic mass is 32.1. The lowest BCUT2D eigenvalue weighted by molar-refractivity contribution is 0.631. The number of aliphatic imine (C=N–C) groups is 1. The van der Waals surface area contributed by atoms with Crippen molar-refractivity contribution in [3.63, 3.8) is 0 Å². The topological polar surface area (TPSA) is 38.1 Å². The van der Waals surface area contributed by atoms with Crippen molar-refractivity contribution in [3.8, 4) is 11.4 Å². The van der Waals surface area contributed by atoms with Crippen molar-refractivity contribution >= 4 is 23.1 Å². The van der Waals surface area contributed by atoms with E-state index in [1.165, 1.54) is 37.7 Å². The number of isothiocyanates is 1. The lowest BCUT2D eigenvalue weighted by atomic mass is 10.1. The summed E-state index contributed by atoms with van der Waals surface area (Å²) in [5, 5.41) is 2.36. The maximum absolute atomic E-state index is 4.59. The molecule has 4 heteroatoms. The Morgan fingerprint density at radius 2 is 1.68 bits per heavy atom. The summed E-state index contributed by atoms with van der Waals surface area (Å²) in [6.07, 6.45) is 11.4. The van der Waals surface area contributed by atoms with Gasteiger partial charge in [-0.3, -0.25) is 0 Å². The molecule has 0 unspecified atom stereocenters. The summed E-state index contributed by atoms with van der Waals surface area (Å²) in [6.45, 7) is 2.24. The number of rotatable bonds is 8. The van der Waals surface area contributed by atoms with Crippen LogP contribution in [0.3, 0.4) is 0 Å². The van der Waals surface area contributed by atoms with Gasteiger partial charge in [0, 0.05) is 18.0 Å². The van der Waals surface area contributed by atoms with Crippen LogP contribution in [0.25, 0.3) is 11.4 Å². The Morgan fingerprint density at radius 3 is 2.32 bits per heavy atom. The number of hydrogen-bond donors (Lipinski definition) is 0. The number of hydrogen-bond acceptors (Lipinski definition) is 4. The molecule has 0 radical (unpaired) electrons. The number of unbranched alkanes of at least 4 members (excludes halogenated alkanes) is 4. The molecule has 0 fully saturated rings. The fourth-order valence-corrected chi connectivity index (χ4v) is 2.41. The summed E-state index contributed by atoms with van der Waals surface area (Å²) in [6, 6.07) is 7.68. The van der Waals surface area contributed by atoms with Crippen molar-refractivity contribution in [1.29, 1.82) is 0 Å². The third kappa shape index (κ3) is 5.14. The number of aryl methyl sites for hydroxylation is 1. The van der Waals surface area contributed by atoms with Crippen molar-refractivity contribution < 1.29 is 0 Å². The van der Waals surface area contributed by atoms with Gasteiger partial charge in [0.2, 0.25) is 0 Å². The van der Waals surface area contributed by atoms with Crippen molar-refractivity contribution in [3.05, 3.63) is 42.2 Å². The Hall–Kier alpha value is -1.90. The number of nitrogens with zero attached hydrogens (tertiary/aromatic N) is 3. The molecule has 114 valence electrons. The molecule has 2 rings (SSSR count). The molecule has 0 bridgehead atoms. The van der Waals surface area contributed by atoms with Crippen LogP contribution in [0.15, 0.2) is 41.7 Å². The van der Waals surface area contributed by atoms with Crippen molar-refractivity contribution in [1.82, 2.24) is 9.97 Å². The van der Waals surface area contributed by atoms with Crippen LogP contribution in [0.2, 0.25) is 0 Å². The van der Waals surface area contributed by atoms with E-state index in [0.717, 1.165) is 23.5 Å². The van der Waals surface area contributed by atoms with Crippen LogP contribution in [-0.4, -0.2) is 15.1 Å². The van der Waals surface area contributed by atoms with Crippen LogP contribution < -0.4 is 0 Å². The zero-order chi connectivity index (χ0) is 15.6. The Morgan fingerprint density at radius 1 is 1.00 bits per heavy atom. The highest BCUT2D eigenvalue weighted by molar-refractivity contribution is 7.78. The molecule has 3 nitrogen and oxygen atoms in total. The molecule has 0 saturated heterocycles. The lowest BCUT2D eigenvalue weighted by Crippen LogP contribution is -1.93.